The van der Waals surface area contributed by atoms with Gasteiger partial charge in [-0.05, 0) is 42.8 Å². The first-order valence-corrected chi connectivity index (χ1v) is 8.12. The molecule has 0 aliphatic rings. The summed E-state index contributed by atoms with van der Waals surface area (Å²) in [6.45, 7) is 3.30. The lowest BCUT2D eigenvalue weighted by atomic mass is 10.1. The fraction of sp³-hybridized carbons (Fsp3) is 0.150. The Bertz CT molecular complexity index is 811. The molecule has 0 spiro atoms. The van der Waals surface area contributed by atoms with Crippen LogP contribution >= 0.6 is 0 Å². The van der Waals surface area contributed by atoms with E-state index in [9.17, 15) is 14.4 Å². The lowest BCUT2D eigenvalue weighted by molar-refractivity contribution is -0.138. The molecule has 2 rings (SSSR count). The van der Waals surface area contributed by atoms with Crippen LogP contribution in [0.25, 0.3) is 6.08 Å². The van der Waals surface area contributed by atoms with E-state index in [4.69, 9.17) is 4.74 Å². The third-order valence-electron chi connectivity index (χ3n) is 3.32. The predicted molar refractivity (Wildman–Crippen MR) is 99.3 cm³/mol. The van der Waals surface area contributed by atoms with E-state index in [0.29, 0.717) is 11.3 Å². The summed E-state index contributed by atoms with van der Waals surface area (Å²) in [6, 6.07) is 15.5. The highest BCUT2D eigenvalue weighted by Crippen LogP contribution is 2.11. The molecule has 0 saturated heterocycles. The van der Waals surface area contributed by atoms with E-state index in [-0.39, 0.29) is 18.2 Å². The van der Waals surface area contributed by atoms with Gasteiger partial charge in [-0.15, -0.1) is 0 Å². The predicted octanol–water partition coefficient (Wildman–Crippen LogP) is 2.98. The number of nitrogens with one attached hydrogen (secondary N) is 2. The Morgan fingerprint density at radius 1 is 1.00 bits per heavy atom. The molecule has 0 aromatic heterocycles. The van der Waals surface area contributed by atoms with Gasteiger partial charge in [0, 0.05) is 18.2 Å². The Labute approximate surface area is 151 Å². The summed E-state index contributed by atoms with van der Waals surface area (Å²) >= 11 is 0. The van der Waals surface area contributed by atoms with Crippen LogP contribution in [-0.4, -0.2) is 24.4 Å². The largest absolute Gasteiger partial charge is 0.461 e. The molecule has 26 heavy (non-hydrogen) atoms. The molecule has 2 N–H and O–H groups in total. The van der Waals surface area contributed by atoms with E-state index in [2.05, 4.69) is 10.6 Å². The topological polar surface area (TPSA) is 84.5 Å². The van der Waals surface area contributed by atoms with E-state index >= 15 is 0 Å². The van der Waals surface area contributed by atoms with Gasteiger partial charge >= 0.3 is 5.97 Å². The van der Waals surface area contributed by atoms with Gasteiger partial charge in [0.15, 0.2) is 0 Å². The number of amides is 2. The van der Waals surface area contributed by atoms with Gasteiger partial charge in [-0.25, -0.2) is 4.79 Å². The molecule has 0 heterocycles. The number of benzene rings is 2. The Balaban J connectivity index is 2.19. The molecular weight excluding hydrogens is 332 g/mol. The molecule has 0 unspecified atom stereocenters. The van der Waals surface area contributed by atoms with Crippen molar-refractivity contribution in [3.63, 3.8) is 0 Å². The number of carbonyl (C=O) groups excluding carboxylic acids is 3. The molecule has 0 atom stereocenters. The molecule has 2 aromatic rings. The van der Waals surface area contributed by atoms with Crippen molar-refractivity contribution in [1.29, 1.82) is 0 Å². The number of rotatable bonds is 6. The zero-order chi connectivity index (χ0) is 18.9. The van der Waals surface area contributed by atoms with Crippen molar-refractivity contribution in [2.24, 2.45) is 0 Å². The Hall–Kier alpha value is -3.41. The van der Waals surface area contributed by atoms with Gasteiger partial charge in [0.2, 0.25) is 5.91 Å². The maximum absolute atomic E-state index is 12.4. The fourth-order valence-corrected chi connectivity index (χ4v) is 2.17. The van der Waals surface area contributed by atoms with Crippen molar-refractivity contribution in [3.05, 3.63) is 71.4 Å². The minimum atomic E-state index is -0.612. The third kappa shape index (κ3) is 5.59. The molecule has 0 saturated carbocycles. The number of hydrogen-bond acceptors (Lipinski definition) is 4. The lowest BCUT2D eigenvalue weighted by Gasteiger charge is -2.10. The van der Waals surface area contributed by atoms with Crippen LogP contribution in [-0.2, 0) is 14.3 Å². The number of ether oxygens (including phenoxy) is 1. The summed E-state index contributed by atoms with van der Waals surface area (Å²) in [5, 5.41) is 5.21. The Morgan fingerprint density at radius 2 is 1.65 bits per heavy atom. The van der Waals surface area contributed by atoms with Crippen LogP contribution in [0.4, 0.5) is 5.69 Å². The van der Waals surface area contributed by atoms with Gasteiger partial charge in [-0.1, -0.05) is 30.3 Å². The van der Waals surface area contributed by atoms with Gasteiger partial charge in [0.25, 0.3) is 5.91 Å². The van der Waals surface area contributed by atoms with Crippen LogP contribution in [0.5, 0.6) is 0 Å². The van der Waals surface area contributed by atoms with Gasteiger partial charge in [-0.2, -0.15) is 0 Å². The fourth-order valence-electron chi connectivity index (χ4n) is 2.17. The van der Waals surface area contributed by atoms with E-state index in [1.807, 2.05) is 30.3 Å². The molecule has 0 radical (unpaired) electrons. The summed E-state index contributed by atoms with van der Waals surface area (Å²) in [5.74, 6) is -1.26. The van der Waals surface area contributed by atoms with Crippen molar-refractivity contribution < 1.29 is 19.1 Å². The molecule has 2 aromatic carbocycles. The summed E-state index contributed by atoms with van der Waals surface area (Å²) in [5.41, 5.74) is 1.74. The van der Waals surface area contributed by atoms with E-state index in [1.54, 1.807) is 37.3 Å². The van der Waals surface area contributed by atoms with Crippen molar-refractivity contribution in [1.82, 2.24) is 5.32 Å². The lowest BCUT2D eigenvalue weighted by Crippen LogP contribution is -2.28. The molecular formula is C20H20N2O4. The van der Waals surface area contributed by atoms with Crippen molar-refractivity contribution >= 4 is 29.5 Å². The Kier molecular flexibility index (Phi) is 6.68. The van der Waals surface area contributed by atoms with Crippen LogP contribution in [0.15, 0.2) is 60.3 Å². The monoisotopic (exact) mass is 352 g/mol. The van der Waals surface area contributed by atoms with Crippen LogP contribution in [0.2, 0.25) is 0 Å². The van der Waals surface area contributed by atoms with Gasteiger partial charge in [0.1, 0.15) is 5.70 Å². The number of esters is 1. The first-order valence-electron chi connectivity index (χ1n) is 8.12. The first kappa shape index (κ1) is 18.9. The molecule has 6 heteroatoms. The molecule has 0 bridgehead atoms. The average molecular weight is 352 g/mol. The second-order valence-corrected chi connectivity index (χ2v) is 5.40. The van der Waals surface area contributed by atoms with Crippen molar-refractivity contribution in [2.75, 3.05) is 11.9 Å². The highest BCUT2D eigenvalue weighted by molar-refractivity contribution is 6.03. The zero-order valence-corrected chi connectivity index (χ0v) is 14.6. The van der Waals surface area contributed by atoms with E-state index in [0.717, 1.165) is 5.56 Å². The van der Waals surface area contributed by atoms with Crippen molar-refractivity contribution in [3.8, 4) is 0 Å². The SMILES string of the molecule is CCOC(=O)/C(=C\c1ccccc1)NC(=O)c1ccc(NC(C)=O)cc1. The molecule has 6 nitrogen and oxygen atoms in total. The standard InChI is InChI=1S/C20H20N2O4/c1-3-26-20(25)18(13-15-7-5-4-6-8-15)22-19(24)16-9-11-17(12-10-16)21-14(2)23/h4-13H,3H2,1-2H3,(H,21,23)(H,22,24)/b18-13+. The molecule has 0 aliphatic carbocycles. The second-order valence-electron chi connectivity index (χ2n) is 5.40. The minimum Gasteiger partial charge on any atom is -0.461 e. The van der Waals surface area contributed by atoms with Crippen LogP contribution in [0, 0.1) is 0 Å². The number of hydrogen-bond donors (Lipinski definition) is 2. The maximum atomic E-state index is 12.4. The summed E-state index contributed by atoms with van der Waals surface area (Å²) < 4.78 is 5.01. The van der Waals surface area contributed by atoms with Crippen molar-refractivity contribution in [2.45, 2.75) is 13.8 Å². The number of carbonyl (C=O) groups is 3. The molecule has 2 amide bonds. The first-order chi connectivity index (χ1) is 12.5. The van der Waals surface area contributed by atoms with Gasteiger partial charge < -0.3 is 15.4 Å². The van der Waals surface area contributed by atoms with E-state index < -0.39 is 11.9 Å². The summed E-state index contributed by atoms with van der Waals surface area (Å²) in [7, 11) is 0. The number of anilines is 1. The van der Waals surface area contributed by atoms with Gasteiger partial charge in [-0.3, -0.25) is 9.59 Å². The highest BCUT2D eigenvalue weighted by Gasteiger charge is 2.15. The third-order valence-corrected chi connectivity index (χ3v) is 3.32. The average Bonchev–Trinajstić information content (AvgIpc) is 2.62. The van der Waals surface area contributed by atoms with Crippen LogP contribution in [0.1, 0.15) is 29.8 Å². The van der Waals surface area contributed by atoms with Crippen LogP contribution < -0.4 is 10.6 Å². The van der Waals surface area contributed by atoms with Gasteiger partial charge in [0.05, 0.1) is 6.61 Å². The summed E-state index contributed by atoms with van der Waals surface area (Å²) in [6.07, 6.45) is 1.56. The quantitative estimate of drug-likeness (QED) is 0.618. The molecule has 0 fully saturated rings. The summed E-state index contributed by atoms with van der Waals surface area (Å²) in [4.78, 5) is 35.6. The zero-order valence-electron chi connectivity index (χ0n) is 14.6. The molecule has 0 aliphatic heterocycles. The second kappa shape index (κ2) is 9.17. The van der Waals surface area contributed by atoms with E-state index in [1.165, 1.54) is 6.92 Å². The minimum absolute atomic E-state index is 0.0500. The Morgan fingerprint density at radius 3 is 2.23 bits per heavy atom. The normalized spacial score (nSPS) is 10.8. The smallest absolute Gasteiger partial charge is 0.354 e. The van der Waals surface area contributed by atoms with Crippen LogP contribution in [0.3, 0.4) is 0 Å². The maximum Gasteiger partial charge on any atom is 0.354 e. The highest BCUT2D eigenvalue weighted by atomic mass is 16.5. The molecule has 134 valence electrons.